The summed E-state index contributed by atoms with van der Waals surface area (Å²) < 4.78 is 5.22. The van der Waals surface area contributed by atoms with E-state index in [0.717, 1.165) is 5.69 Å². The van der Waals surface area contributed by atoms with Crippen LogP contribution in [0.1, 0.15) is 16.9 Å². The van der Waals surface area contributed by atoms with Gasteiger partial charge < -0.3 is 19.8 Å². The standard InChI is InChI=1S/C14H18N2O2S/c1-9-3-4-13(10(2)5-9)15-7-11(17)6-12-8-16-14(19)18-12/h3-5,8,11,15,17H,6-7H2,1-2H3,(H,16,19). The molecule has 2 aromatic rings. The third kappa shape index (κ3) is 3.94. The van der Waals surface area contributed by atoms with Crippen molar-refractivity contribution in [1.82, 2.24) is 4.98 Å². The molecule has 0 saturated heterocycles. The van der Waals surface area contributed by atoms with Gasteiger partial charge in [-0.05, 0) is 37.7 Å². The number of H-pyrrole nitrogens is 1. The van der Waals surface area contributed by atoms with Crippen molar-refractivity contribution in [3.8, 4) is 0 Å². The van der Waals surface area contributed by atoms with Crippen LogP contribution in [0.25, 0.3) is 0 Å². The second-order valence-corrected chi connectivity index (χ2v) is 5.07. The largest absolute Gasteiger partial charge is 0.435 e. The molecule has 1 unspecified atom stereocenters. The second-order valence-electron chi connectivity index (χ2n) is 4.70. The monoisotopic (exact) mass is 278 g/mol. The lowest BCUT2D eigenvalue weighted by Gasteiger charge is -2.13. The fourth-order valence-electron chi connectivity index (χ4n) is 1.96. The number of oxazole rings is 1. The van der Waals surface area contributed by atoms with Crippen molar-refractivity contribution in [2.75, 3.05) is 11.9 Å². The molecule has 4 nitrogen and oxygen atoms in total. The van der Waals surface area contributed by atoms with Gasteiger partial charge in [-0.25, -0.2) is 0 Å². The summed E-state index contributed by atoms with van der Waals surface area (Å²) >= 11 is 4.84. The van der Waals surface area contributed by atoms with Crippen LogP contribution in [0.15, 0.2) is 28.8 Å². The van der Waals surface area contributed by atoms with E-state index in [1.54, 1.807) is 6.20 Å². The highest BCUT2D eigenvalue weighted by Gasteiger charge is 2.09. The number of aliphatic hydroxyl groups excluding tert-OH is 1. The fourth-order valence-corrected chi connectivity index (χ4v) is 2.13. The maximum absolute atomic E-state index is 9.95. The Kier molecular flexibility index (Phi) is 4.39. The lowest BCUT2D eigenvalue weighted by Crippen LogP contribution is -2.22. The molecule has 0 aliphatic heterocycles. The molecule has 5 heteroatoms. The lowest BCUT2D eigenvalue weighted by atomic mass is 10.1. The number of aryl methyl sites for hydroxylation is 2. The summed E-state index contributed by atoms with van der Waals surface area (Å²) in [5.41, 5.74) is 3.44. The van der Waals surface area contributed by atoms with Gasteiger partial charge in [0.2, 0.25) is 0 Å². The lowest BCUT2D eigenvalue weighted by molar-refractivity contribution is 0.180. The summed E-state index contributed by atoms with van der Waals surface area (Å²) in [6.07, 6.45) is 1.60. The van der Waals surface area contributed by atoms with Gasteiger partial charge in [0.15, 0.2) is 0 Å². The molecule has 0 spiro atoms. The third-order valence-corrected chi connectivity index (χ3v) is 3.12. The number of hydrogen-bond acceptors (Lipinski definition) is 4. The molecular weight excluding hydrogens is 260 g/mol. The number of aromatic nitrogens is 1. The van der Waals surface area contributed by atoms with Gasteiger partial charge in [-0.3, -0.25) is 0 Å². The molecule has 1 aromatic heterocycles. The van der Waals surface area contributed by atoms with E-state index in [1.165, 1.54) is 11.1 Å². The van der Waals surface area contributed by atoms with E-state index in [-0.39, 0.29) is 0 Å². The molecule has 19 heavy (non-hydrogen) atoms. The molecule has 0 saturated carbocycles. The Morgan fingerprint density at radius 3 is 2.84 bits per heavy atom. The number of nitrogens with one attached hydrogen (secondary N) is 2. The van der Waals surface area contributed by atoms with E-state index >= 15 is 0 Å². The minimum atomic E-state index is -0.519. The Morgan fingerprint density at radius 1 is 1.42 bits per heavy atom. The normalized spacial score (nSPS) is 12.4. The molecule has 1 heterocycles. The van der Waals surface area contributed by atoms with Crippen LogP contribution in [-0.2, 0) is 6.42 Å². The highest BCUT2D eigenvalue weighted by atomic mass is 32.1. The Hall–Kier alpha value is -1.59. The maximum atomic E-state index is 9.95. The van der Waals surface area contributed by atoms with Crippen molar-refractivity contribution in [2.24, 2.45) is 0 Å². The Labute approximate surface area is 117 Å². The van der Waals surface area contributed by atoms with E-state index in [0.29, 0.717) is 23.6 Å². The number of hydrogen-bond donors (Lipinski definition) is 3. The quantitative estimate of drug-likeness (QED) is 0.736. The molecule has 102 valence electrons. The van der Waals surface area contributed by atoms with E-state index in [9.17, 15) is 5.11 Å². The van der Waals surface area contributed by atoms with Crippen molar-refractivity contribution in [3.63, 3.8) is 0 Å². The van der Waals surface area contributed by atoms with E-state index in [1.807, 2.05) is 19.1 Å². The zero-order valence-corrected chi connectivity index (χ0v) is 11.9. The first-order valence-corrected chi connectivity index (χ1v) is 6.62. The third-order valence-electron chi connectivity index (χ3n) is 2.92. The smallest absolute Gasteiger partial charge is 0.266 e. The first-order valence-electron chi connectivity index (χ1n) is 6.21. The van der Waals surface area contributed by atoms with Crippen molar-refractivity contribution >= 4 is 17.9 Å². The fraction of sp³-hybridized carbons (Fsp3) is 0.357. The van der Waals surface area contributed by atoms with Crippen LogP contribution >= 0.6 is 12.2 Å². The number of rotatable bonds is 5. The molecule has 1 atom stereocenters. The van der Waals surface area contributed by atoms with Crippen molar-refractivity contribution in [3.05, 3.63) is 46.1 Å². The van der Waals surface area contributed by atoms with Crippen molar-refractivity contribution in [2.45, 2.75) is 26.4 Å². The highest BCUT2D eigenvalue weighted by Crippen LogP contribution is 2.16. The van der Waals surface area contributed by atoms with Gasteiger partial charge in [0.1, 0.15) is 5.76 Å². The Balaban J connectivity index is 1.89. The van der Waals surface area contributed by atoms with Gasteiger partial charge in [-0.1, -0.05) is 17.7 Å². The maximum Gasteiger partial charge on any atom is 0.266 e. The van der Waals surface area contributed by atoms with Gasteiger partial charge in [0.25, 0.3) is 4.84 Å². The molecule has 2 rings (SSSR count). The number of anilines is 1. The van der Waals surface area contributed by atoms with Crippen LogP contribution < -0.4 is 5.32 Å². The van der Waals surface area contributed by atoms with E-state index < -0.39 is 6.10 Å². The van der Waals surface area contributed by atoms with Crippen molar-refractivity contribution in [1.29, 1.82) is 0 Å². The number of aromatic amines is 1. The molecule has 0 bridgehead atoms. The van der Waals surface area contributed by atoms with Gasteiger partial charge in [0, 0.05) is 24.8 Å². The summed E-state index contributed by atoms with van der Waals surface area (Å²) in [5.74, 6) is 0.667. The Bertz CT molecular complexity index is 603. The number of aliphatic hydroxyl groups is 1. The molecule has 1 aromatic carbocycles. The van der Waals surface area contributed by atoms with Crippen LogP contribution in [0, 0.1) is 18.7 Å². The molecule has 0 aliphatic rings. The summed E-state index contributed by atoms with van der Waals surface area (Å²) in [5, 5.41) is 13.2. The van der Waals surface area contributed by atoms with Crippen LogP contribution in [-0.4, -0.2) is 22.7 Å². The molecule has 0 amide bonds. The zero-order valence-electron chi connectivity index (χ0n) is 11.1. The first-order chi connectivity index (χ1) is 9.04. The minimum absolute atomic E-state index is 0.338. The van der Waals surface area contributed by atoms with Gasteiger partial charge >= 0.3 is 0 Å². The second kappa shape index (κ2) is 6.04. The predicted octanol–water partition coefficient (Wildman–Crippen LogP) is 2.97. The summed E-state index contributed by atoms with van der Waals surface area (Å²) in [6.45, 7) is 4.58. The van der Waals surface area contributed by atoms with Crippen LogP contribution in [0.4, 0.5) is 5.69 Å². The minimum Gasteiger partial charge on any atom is -0.435 e. The molecule has 0 radical (unpaired) electrons. The summed E-state index contributed by atoms with van der Waals surface area (Å²) in [7, 11) is 0. The van der Waals surface area contributed by atoms with Crippen LogP contribution in [0.3, 0.4) is 0 Å². The molecule has 3 N–H and O–H groups in total. The SMILES string of the molecule is Cc1ccc(NCC(O)Cc2c[nH]c(=S)o2)c(C)c1. The summed E-state index contributed by atoms with van der Waals surface area (Å²) in [4.78, 5) is 3.12. The van der Waals surface area contributed by atoms with Crippen molar-refractivity contribution < 1.29 is 9.52 Å². The average molecular weight is 278 g/mol. The summed E-state index contributed by atoms with van der Waals surface area (Å²) in [6, 6.07) is 6.19. The Morgan fingerprint density at radius 2 is 2.21 bits per heavy atom. The van der Waals surface area contributed by atoms with E-state index in [2.05, 4.69) is 23.3 Å². The predicted molar refractivity (Wildman–Crippen MR) is 78.0 cm³/mol. The highest BCUT2D eigenvalue weighted by molar-refractivity contribution is 7.71. The number of benzene rings is 1. The molecule has 0 aliphatic carbocycles. The van der Waals surface area contributed by atoms with Crippen LogP contribution in [0.2, 0.25) is 0 Å². The van der Waals surface area contributed by atoms with Gasteiger partial charge in [0.05, 0.1) is 6.10 Å². The van der Waals surface area contributed by atoms with Gasteiger partial charge in [-0.15, -0.1) is 0 Å². The zero-order chi connectivity index (χ0) is 13.8. The van der Waals surface area contributed by atoms with Gasteiger partial charge in [-0.2, -0.15) is 0 Å². The van der Waals surface area contributed by atoms with E-state index in [4.69, 9.17) is 16.6 Å². The first kappa shape index (κ1) is 13.8. The topological polar surface area (TPSA) is 61.2 Å². The average Bonchev–Trinajstić information content (AvgIpc) is 2.73. The molecule has 0 fully saturated rings. The van der Waals surface area contributed by atoms with Crippen LogP contribution in [0.5, 0.6) is 0 Å². The molecular formula is C14H18N2O2S.